The van der Waals surface area contributed by atoms with Gasteiger partial charge in [0.25, 0.3) is 11.8 Å². The number of nitrogens with zero attached hydrogens (tertiary/aromatic N) is 2. The molecule has 6 nitrogen and oxygen atoms in total. The van der Waals surface area contributed by atoms with E-state index in [9.17, 15) is 14.4 Å². The predicted octanol–water partition coefficient (Wildman–Crippen LogP) is 4.39. The number of hydrogen-bond donors (Lipinski definition) is 0. The zero-order chi connectivity index (χ0) is 22.7. The second-order valence-corrected chi connectivity index (χ2v) is 8.23. The van der Waals surface area contributed by atoms with Crippen molar-refractivity contribution in [2.45, 2.75) is 58.5 Å². The van der Waals surface area contributed by atoms with Gasteiger partial charge in [-0.2, -0.15) is 0 Å². The highest BCUT2D eigenvalue weighted by atomic mass is 16.5. The Hall–Kier alpha value is -3.15. The lowest BCUT2D eigenvalue weighted by molar-refractivity contribution is -0.122. The molecule has 1 fully saturated rings. The molecular formula is C25H30N2O4. The Morgan fingerprint density at radius 3 is 2.19 bits per heavy atom. The molecule has 31 heavy (non-hydrogen) atoms. The molecule has 3 amide bonds. The van der Waals surface area contributed by atoms with Gasteiger partial charge in [0.2, 0.25) is 5.91 Å². The first-order valence-corrected chi connectivity index (χ1v) is 10.7. The van der Waals surface area contributed by atoms with Crippen LogP contribution < -0.4 is 9.64 Å². The van der Waals surface area contributed by atoms with Crippen molar-refractivity contribution in [2.24, 2.45) is 0 Å². The highest BCUT2D eigenvalue weighted by molar-refractivity contribution is 6.23. The smallest absolute Gasteiger partial charge is 0.257 e. The standard InChI is InChI=1S/C25H30N2O4/c1-6-17(4)26(24(29)19-9-13-21(31-5)14-10-19)22-15-23(28)27(25(22)30)20-11-7-18(8-12-20)16(2)3/h7-14,16-17,22H,6,15H2,1-5H3. The molecule has 0 aromatic heterocycles. The first-order valence-electron chi connectivity index (χ1n) is 10.7. The van der Waals surface area contributed by atoms with Crippen LogP contribution in [0.3, 0.4) is 0 Å². The first-order chi connectivity index (χ1) is 14.8. The molecule has 1 aliphatic heterocycles. The van der Waals surface area contributed by atoms with Crippen LogP contribution in [0.2, 0.25) is 0 Å². The molecule has 2 unspecified atom stereocenters. The molecule has 1 aliphatic rings. The molecule has 0 spiro atoms. The second-order valence-electron chi connectivity index (χ2n) is 8.23. The average Bonchev–Trinajstić information content (AvgIpc) is 3.07. The Labute approximate surface area is 183 Å². The van der Waals surface area contributed by atoms with E-state index >= 15 is 0 Å². The van der Waals surface area contributed by atoms with Gasteiger partial charge >= 0.3 is 0 Å². The molecule has 2 aromatic carbocycles. The summed E-state index contributed by atoms with van der Waals surface area (Å²) in [6.07, 6.45) is 0.653. The number of ether oxygens (including phenoxy) is 1. The summed E-state index contributed by atoms with van der Waals surface area (Å²) in [6.45, 7) is 8.04. The molecule has 0 bridgehead atoms. The van der Waals surface area contributed by atoms with Gasteiger partial charge in [-0.05, 0) is 61.2 Å². The maximum atomic E-state index is 13.3. The van der Waals surface area contributed by atoms with Gasteiger partial charge in [0.05, 0.1) is 19.2 Å². The second kappa shape index (κ2) is 9.33. The van der Waals surface area contributed by atoms with Crippen molar-refractivity contribution in [3.05, 3.63) is 59.7 Å². The minimum Gasteiger partial charge on any atom is -0.497 e. The predicted molar refractivity (Wildman–Crippen MR) is 120 cm³/mol. The van der Waals surface area contributed by atoms with Crippen molar-refractivity contribution in [3.63, 3.8) is 0 Å². The maximum absolute atomic E-state index is 13.3. The minimum atomic E-state index is -0.818. The zero-order valence-corrected chi connectivity index (χ0v) is 18.8. The summed E-state index contributed by atoms with van der Waals surface area (Å²) in [5.74, 6) is 0.0947. The Balaban J connectivity index is 1.90. The van der Waals surface area contributed by atoms with Crippen molar-refractivity contribution in [1.82, 2.24) is 4.90 Å². The van der Waals surface area contributed by atoms with E-state index in [-0.39, 0.29) is 30.2 Å². The van der Waals surface area contributed by atoms with Gasteiger partial charge in [0.15, 0.2) is 0 Å². The summed E-state index contributed by atoms with van der Waals surface area (Å²) in [4.78, 5) is 42.3. The van der Waals surface area contributed by atoms with Crippen molar-refractivity contribution in [2.75, 3.05) is 12.0 Å². The van der Waals surface area contributed by atoms with E-state index in [4.69, 9.17) is 4.74 Å². The van der Waals surface area contributed by atoms with E-state index in [1.165, 1.54) is 4.90 Å². The molecule has 6 heteroatoms. The van der Waals surface area contributed by atoms with E-state index in [0.717, 1.165) is 5.56 Å². The third-order valence-electron chi connectivity index (χ3n) is 5.91. The van der Waals surface area contributed by atoms with Gasteiger partial charge < -0.3 is 9.64 Å². The monoisotopic (exact) mass is 422 g/mol. The molecule has 1 saturated heterocycles. The van der Waals surface area contributed by atoms with E-state index in [0.29, 0.717) is 29.3 Å². The van der Waals surface area contributed by atoms with Gasteiger partial charge in [-0.1, -0.05) is 32.9 Å². The molecule has 1 heterocycles. The third-order valence-corrected chi connectivity index (χ3v) is 5.91. The molecule has 3 rings (SSSR count). The summed E-state index contributed by atoms with van der Waals surface area (Å²) in [7, 11) is 1.56. The minimum absolute atomic E-state index is 0.0169. The Kier molecular flexibility index (Phi) is 6.78. The van der Waals surface area contributed by atoms with Crippen LogP contribution in [0.4, 0.5) is 5.69 Å². The number of imide groups is 1. The van der Waals surface area contributed by atoms with Crippen LogP contribution in [-0.2, 0) is 9.59 Å². The van der Waals surface area contributed by atoms with Crippen molar-refractivity contribution < 1.29 is 19.1 Å². The zero-order valence-electron chi connectivity index (χ0n) is 18.8. The number of benzene rings is 2. The highest BCUT2D eigenvalue weighted by Gasteiger charge is 2.45. The summed E-state index contributed by atoms with van der Waals surface area (Å²) in [6, 6.07) is 13.2. The topological polar surface area (TPSA) is 66.9 Å². The fourth-order valence-corrected chi connectivity index (χ4v) is 3.84. The summed E-state index contributed by atoms with van der Waals surface area (Å²) >= 11 is 0. The van der Waals surface area contributed by atoms with Crippen LogP contribution in [0.5, 0.6) is 5.75 Å². The van der Waals surface area contributed by atoms with Crippen LogP contribution in [-0.4, -0.2) is 41.8 Å². The van der Waals surface area contributed by atoms with Gasteiger partial charge in [-0.25, -0.2) is 4.90 Å². The summed E-state index contributed by atoms with van der Waals surface area (Å²) in [5.41, 5.74) is 2.14. The van der Waals surface area contributed by atoms with E-state index in [2.05, 4.69) is 13.8 Å². The lowest BCUT2D eigenvalue weighted by Crippen LogP contribution is -2.49. The van der Waals surface area contributed by atoms with Crippen LogP contribution in [0, 0.1) is 0 Å². The van der Waals surface area contributed by atoms with Crippen LogP contribution in [0.25, 0.3) is 0 Å². The number of carbonyl (C=O) groups excluding carboxylic acids is 3. The van der Waals surface area contributed by atoms with Gasteiger partial charge in [0.1, 0.15) is 11.8 Å². The van der Waals surface area contributed by atoms with Gasteiger partial charge in [-0.3, -0.25) is 14.4 Å². The highest BCUT2D eigenvalue weighted by Crippen LogP contribution is 2.29. The Bertz CT molecular complexity index is 950. The third kappa shape index (κ3) is 4.48. The largest absolute Gasteiger partial charge is 0.497 e. The van der Waals surface area contributed by atoms with E-state index < -0.39 is 6.04 Å². The van der Waals surface area contributed by atoms with Crippen molar-refractivity contribution >= 4 is 23.4 Å². The lowest BCUT2D eigenvalue weighted by Gasteiger charge is -2.33. The Morgan fingerprint density at radius 2 is 1.68 bits per heavy atom. The first kappa shape index (κ1) is 22.5. The number of amides is 3. The maximum Gasteiger partial charge on any atom is 0.257 e. The molecule has 0 aliphatic carbocycles. The van der Waals surface area contributed by atoms with Crippen LogP contribution >= 0.6 is 0 Å². The van der Waals surface area contributed by atoms with Crippen molar-refractivity contribution in [3.8, 4) is 5.75 Å². The quantitative estimate of drug-likeness (QED) is 0.621. The fraction of sp³-hybridized carbons (Fsp3) is 0.400. The number of rotatable bonds is 7. The molecular weight excluding hydrogens is 392 g/mol. The lowest BCUT2D eigenvalue weighted by atomic mass is 10.0. The van der Waals surface area contributed by atoms with Crippen LogP contribution in [0.15, 0.2) is 48.5 Å². The molecule has 164 valence electrons. The molecule has 2 aromatic rings. The summed E-state index contributed by atoms with van der Waals surface area (Å²) < 4.78 is 5.16. The van der Waals surface area contributed by atoms with E-state index in [1.807, 2.05) is 26.0 Å². The SMILES string of the molecule is CCC(C)N(C(=O)c1ccc(OC)cc1)C1CC(=O)N(c2ccc(C(C)C)cc2)C1=O. The van der Waals surface area contributed by atoms with Crippen LogP contribution in [0.1, 0.15) is 62.4 Å². The summed E-state index contributed by atoms with van der Waals surface area (Å²) in [5, 5.41) is 0. The van der Waals surface area contributed by atoms with Gasteiger partial charge in [0, 0.05) is 11.6 Å². The average molecular weight is 423 g/mol. The number of hydrogen-bond acceptors (Lipinski definition) is 4. The van der Waals surface area contributed by atoms with Crippen molar-refractivity contribution in [1.29, 1.82) is 0 Å². The fourth-order valence-electron chi connectivity index (χ4n) is 3.84. The molecule has 2 atom stereocenters. The molecule has 0 saturated carbocycles. The molecule has 0 N–H and O–H groups in total. The Morgan fingerprint density at radius 1 is 1.06 bits per heavy atom. The number of methoxy groups -OCH3 is 1. The normalized spacial score (nSPS) is 17.2. The van der Waals surface area contributed by atoms with Gasteiger partial charge in [-0.15, -0.1) is 0 Å². The molecule has 0 radical (unpaired) electrons. The van der Waals surface area contributed by atoms with E-state index in [1.54, 1.807) is 48.4 Å². The number of carbonyl (C=O) groups is 3. The number of anilines is 1.